The van der Waals surface area contributed by atoms with Crippen LogP contribution in [0.3, 0.4) is 0 Å². The largest absolute Gasteiger partial charge is 0.473 e. The predicted molar refractivity (Wildman–Crippen MR) is 80.7 cm³/mol. The van der Waals surface area contributed by atoms with Crippen molar-refractivity contribution in [2.75, 3.05) is 0 Å². The van der Waals surface area contributed by atoms with Crippen LogP contribution < -0.4 is 4.74 Å². The molecule has 3 rings (SSSR count). The number of aromatic nitrogens is 2. The van der Waals surface area contributed by atoms with Gasteiger partial charge in [-0.15, -0.1) is 0 Å². The van der Waals surface area contributed by atoms with Crippen LogP contribution in [0, 0.1) is 0 Å². The van der Waals surface area contributed by atoms with Crippen LogP contribution in [0.4, 0.5) is 0 Å². The van der Waals surface area contributed by atoms with Crippen LogP contribution in [-0.4, -0.2) is 16.1 Å². The molecule has 0 N–H and O–H groups in total. The van der Waals surface area contributed by atoms with Gasteiger partial charge >= 0.3 is 0 Å². The first kappa shape index (κ1) is 12.6. The van der Waals surface area contributed by atoms with Gasteiger partial charge in [-0.25, -0.2) is 9.97 Å². The Bertz CT molecular complexity index is 723. The summed E-state index contributed by atoms with van der Waals surface area (Å²) >= 11 is 0. The summed E-state index contributed by atoms with van der Waals surface area (Å²) in [5, 5.41) is 0. The Hall–Kier alpha value is -2.42. The van der Waals surface area contributed by atoms with E-state index < -0.39 is 0 Å². The fourth-order valence-corrected chi connectivity index (χ4v) is 2.07. The molecule has 2 aromatic carbocycles. The van der Waals surface area contributed by atoms with Gasteiger partial charge in [0.1, 0.15) is 5.69 Å². The van der Waals surface area contributed by atoms with E-state index in [0.717, 1.165) is 22.3 Å². The van der Waals surface area contributed by atoms with E-state index in [0.29, 0.717) is 5.88 Å². The van der Waals surface area contributed by atoms with Crippen molar-refractivity contribution in [2.45, 2.75) is 20.0 Å². The maximum Gasteiger partial charge on any atom is 0.241 e. The summed E-state index contributed by atoms with van der Waals surface area (Å²) in [6, 6.07) is 17.8. The van der Waals surface area contributed by atoms with Gasteiger partial charge in [0, 0.05) is 5.56 Å². The summed E-state index contributed by atoms with van der Waals surface area (Å²) in [7, 11) is 0. The third-order valence-corrected chi connectivity index (χ3v) is 2.93. The molecule has 1 aromatic heterocycles. The van der Waals surface area contributed by atoms with Crippen molar-refractivity contribution in [1.82, 2.24) is 9.97 Å². The van der Waals surface area contributed by atoms with Gasteiger partial charge in [-0.2, -0.15) is 0 Å². The number of benzene rings is 2. The Morgan fingerprint density at radius 2 is 1.40 bits per heavy atom. The van der Waals surface area contributed by atoms with Crippen molar-refractivity contribution in [3.8, 4) is 17.1 Å². The molecule has 1 heterocycles. The van der Waals surface area contributed by atoms with Crippen LogP contribution in [-0.2, 0) is 0 Å². The van der Waals surface area contributed by atoms with E-state index in [1.807, 2.05) is 68.4 Å². The number of hydrogen-bond donors (Lipinski definition) is 0. The molecule has 0 aliphatic carbocycles. The molecule has 3 aromatic rings. The molecule has 0 bridgehead atoms. The molecule has 0 aliphatic rings. The fraction of sp³-hybridized carbons (Fsp3) is 0.176. The zero-order chi connectivity index (χ0) is 13.9. The summed E-state index contributed by atoms with van der Waals surface area (Å²) in [6.45, 7) is 3.98. The van der Waals surface area contributed by atoms with Crippen molar-refractivity contribution in [2.24, 2.45) is 0 Å². The second-order valence-electron chi connectivity index (χ2n) is 4.90. The molecule has 3 heteroatoms. The Labute approximate surface area is 118 Å². The molecular weight excluding hydrogens is 248 g/mol. The fourth-order valence-electron chi connectivity index (χ4n) is 2.07. The number of fused-ring (bicyclic) bond motifs is 1. The highest BCUT2D eigenvalue weighted by Gasteiger charge is 2.13. The lowest BCUT2D eigenvalue weighted by Gasteiger charge is -2.13. The van der Waals surface area contributed by atoms with Crippen LogP contribution >= 0.6 is 0 Å². The topological polar surface area (TPSA) is 35.0 Å². The van der Waals surface area contributed by atoms with Crippen LogP contribution in [0.1, 0.15) is 13.8 Å². The van der Waals surface area contributed by atoms with Crippen LogP contribution in [0.25, 0.3) is 22.3 Å². The van der Waals surface area contributed by atoms with E-state index in [2.05, 4.69) is 4.98 Å². The second kappa shape index (κ2) is 5.29. The number of rotatable bonds is 3. The molecule has 0 fully saturated rings. The number of nitrogens with zero attached hydrogens (tertiary/aromatic N) is 2. The summed E-state index contributed by atoms with van der Waals surface area (Å²) in [5.41, 5.74) is 3.53. The SMILES string of the molecule is CC(C)Oc1nc2ccccc2nc1-c1ccccc1. The molecule has 0 saturated carbocycles. The molecule has 0 radical (unpaired) electrons. The van der Waals surface area contributed by atoms with E-state index in [9.17, 15) is 0 Å². The Morgan fingerprint density at radius 3 is 2.05 bits per heavy atom. The van der Waals surface area contributed by atoms with Gasteiger partial charge in [0.2, 0.25) is 5.88 Å². The average molecular weight is 264 g/mol. The minimum atomic E-state index is 0.0629. The molecule has 0 aliphatic heterocycles. The smallest absolute Gasteiger partial charge is 0.241 e. The standard InChI is InChI=1S/C17H16N2O/c1-12(2)20-17-16(13-8-4-3-5-9-13)18-14-10-6-7-11-15(14)19-17/h3-12H,1-2H3. The average Bonchev–Trinajstić information content (AvgIpc) is 2.47. The number of para-hydroxylation sites is 2. The normalized spacial score (nSPS) is 10.9. The van der Waals surface area contributed by atoms with Gasteiger partial charge in [-0.1, -0.05) is 42.5 Å². The first-order valence-corrected chi connectivity index (χ1v) is 6.73. The lowest BCUT2D eigenvalue weighted by Crippen LogP contribution is -2.09. The third-order valence-electron chi connectivity index (χ3n) is 2.93. The van der Waals surface area contributed by atoms with E-state index in [1.54, 1.807) is 0 Å². The van der Waals surface area contributed by atoms with Crippen LogP contribution in [0.5, 0.6) is 5.88 Å². The van der Waals surface area contributed by atoms with E-state index in [1.165, 1.54) is 0 Å². The van der Waals surface area contributed by atoms with Crippen molar-refractivity contribution in [1.29, 1.82) is 0 Å². The third kappa shape index (κ3) is 2.48. The zero-order valence-electron chi connectivity index (χ0n) is 11.6. The molecular formula is C17H16N2O. The van der Waals surface area contributed by atoms with Crippen LogP contribution in [0.15, 0.2) is 54.6 Å². The highest BCUT2D eigenvalue weighted by Crippen LogP contribution is 2.29. The lowest BCUT2D eigenvalue weighted by molar-refractivity contribution is 0.234. The van der Waals surface area contributed by atoms with E-state index >= 15 is 0 Å². The van der Waals surface area contributed by atoms with Gasteiger partial charge in [0.15, 0.2) is 0 Å². The quantitative estimate of drug-likeness (QED) is 0.714. The first-order chi connectivity index (χ1) is 9.74. The molecule has 0 atom stereocenters. The maximum atomic E-state index is 5.83. The van der Waals surface area contributed by atoms with Crippen molar-refractivity contribution in [3.63, 3.8) is 0 Å². The summed E-state index contributed by atoms with van der Waals surface area (Å²) in [4.78, 5) is 9.32. The summed E-state index contributed by atoms with van der Waals surface area (Å²) in [6.07, 6.45) is 0.0629. The van der Waals surface area contributed by atoms with Crippen LogP contribution in [0.2, 0.25) is 0 Å². The second-order valence-corrected chi connectivity index (χ2v) is 4.90. The summed E-state index contributed by atoms with van der Waals surface area (Å²) in [5.74, 6) is 0.588. The monoisotopic (exact) mass is 264 g/mol. The molecule has 3 nitrogen and oxygen atoms in total. The van der Waals surface area contributed by atoms with Crippen molar-refractivity contribution < 1.29 is 4.74 Å². The van der Waals surface area contributed by atoms with Gasteiger partial charge in [0.25, 0.3) is 0 Å². The highest BCUT2D eigenvalue weighted by molar-refractivity contribution is 5.79. The Morgan fingerprint density at radius 1 is 0.800 bits per heavy atom. The Kier molecular flexibility index (Phi) is 3.33. The molecule has 0 saturated heterocycles. The minimum absolute atomic E-state index is 0.0629. The summed E-state index contributed by atoms with van der Waals surface area (Å²) < 4.78 is 5.83. The van der Waals surface area contributed by atoms with Gasteiger partial charge in [0.05, 0.1) is 17.1 Å². The van der Waals surface area contributed by atoms with E-state index in [-0.39, 0.29) is 6.10 Å². The molecule has 20 heavy (non-hydrogen) atoms. The molecule has 0 unspecified atom stereocenters. The lowest BCUT2D eigenvalue weighted by atomic mass is 10.1. The number of hydrogen-bond acceptors (Lipinski definition) is 3. The number of ether oxygens (including phenoxy) is 1. The van der Waals surface area contributed by atoms with Gasteiger partial charge < -0.3 is 4.74 Å². The van der Waals surface area contributed by atoms with Crippen molar-refractivity contribution in [3.05, 3.63) is 54.6 Å². The van der Waals surface area contributed by atoms with Gasteiger partial charge in [-0.3, -0.25) is 0 Å². The first-order valence-electron chi connectivity index (χ1n) is 6.73. The minimum Gasteiger partial charge on any atom is -0.473 e. The highest BCUT2D eigenvalue weighted by atomic mass is 16.5. The molecule has 100 valence electrons. The van der Waals surface area contributed by atoms with Gasteiger partial charge in [-0.05, 0) is 26.0 Å². The molecule has 0 spiro atoms. The molecule has 0 amide bonds. The maximum absolute atomic E-state index is 5.83. The Balaban J connectivity index is 2.21. The van der Waals surface area contributed by atoms with E-state index in [4.69, 9.17) is 9.72 Å². The van der Waals surface area contributed by atoms with Crippen molar-refractivity contribution >= 4 is 11.0 Å². The zero-order valence-corrected chi connectivity index (χ0v) is 11.6. The predicted octanol–water partition coefficient (Wildman–Crippen LogP) is 4.08.